The van der Waals surface area contributed by atoms with Crippen LogP contribution in [0.3, 0.4) is 0 Å². The van der Waals surface area contributed by atoms with Crippen LogP contribution in [0, 0.1) is 0 Å². The number of fused-ring (bicyclic) bond motifs is 2. The monoisotopic (exact) mass is 367 g/mol. The average Bonchev–Trinajstić information content (AvgIpc) is 2.95. The lowest BCUT2D eigenvalue weighted by Crippen LogP contribution is -2.52. The first-order valence-corrected chi connectivity index (χ1v) is 8.04. The van der Waals surface area contributed by atoms with Gasteiger partial charge in [-0.05, 0) is 47.3 Å². The summed E-state index contributed by atoms with van der Waals surface area (Å²) in [6.45, 7) is 0.382. The average molecular weight is 367 g/mol. The van der Waals surface area contributed by atoms with Crippen molar-refractivity contribution in [2.45, 2.75) is 18.7 Å². The molecule has 3 aromatic rings. The molecule has 0 spiro atoms. The number of carbonyl (C=O) groups excluding carboxylic acids is 1. The van der Waals surface area contributed by atoms with Crippen molar-refractivity contribution in [1.82, 2.24) is 0 Å². The first-order chi connectivity index (χ1) is 11.6. The molecule has 0 saturated carbocycles. The zero-order valence-electron chi connectivity index (χ0n) is 12.8. The van der Waals surface area contributed by atoms with E-state index in [0.29, 0.717) is 22.4 Å². The molecule has 0 bridgehead atoms. The van der Waals surface area contributed by atoms with E-state index >= 15 is 0 Å². The number of rotatable bonds is 2. The van der Waals surface area contributed by atoms with E-state index in [2.05, 4.69) is 0 Å². The summed E-state index contributed by atoms with van der Waals surface area (Å²) in [5.74, 6) is -1.59. The topological polar surface area (TPSA) is 66.4 Å². The molecule has 1 heterocycles. The molecule has 4 nitrogen and oxygen atoms in total. The summed E-state index contributed by atoms with van der Waals surface area (Å²) in [5.41, 5.74) is -3.66. The van der Waals surface area contributed by atoms with Gasteiger partial charge in [0, 0.05) is 11.1 Å². The molecule has 0 aliphatic rings. The maximum Gasteiger partial charge on any atom is 0.426 e. The van der Waals surface area contributed by atoms with Crippen molar-refractivity contribution < 1.29 is 23.1 Å². The quantitative estimate of drug-likeness (QED) is 0.726. The summed E-state index contributed by atoms with van der Waals surface area (Å²) in [5, 5.41) is 14.8. The van der Waals surface area contributed by atoms with Gasteiger partial charge in [-0.1, -0.05) is 12.1 Å². The Morgan fingerprint density at radius 2 is 1.80 bits per heavy atom. The summed E-state index contributed by atoms with van der Waals surface area (Å²) in [7, 11) is 0. The predicted octanol–water partition coefficient (Wildman–Crippen LogP) is 3.67. The van der Waals surface area contributed by atoms with Gasteiger partial charge in [-0.3, -0.25) is 9.59 Å². The standard InChI is InChI=1S/C17H12F3NO3S/c1-16(24,17(18,19)20)15(23)21-11-4-5-12-10(8-11)3-2-9-6-7-25-14(9)13(12)22/h2-8,24H,1H3,(H,21,23). The molecule has 25 heavy (non-hydrogen) atoms. The lowest BCUT2D eigenvalue weighted by molar-refractivity contribution is -0.242. The lowest BCUT2D eigenvalue weighted by Gasteiger charge is -2.24. The highest BCUT2D eigenvalue weighted by molar-refractivity contribution is 7.17. The molecule has 1 atom stereocenters. The van der Waals surface area contributed by atoms with Gasteiger partial charge in [-0.15, -0.1) is 11.3 Å². The first-order valence-electron chi connectivity index (χ1n) is 7.16. The van der Waals surface area contributed by atoms with Crippen LogP contribution >= 0.6 is 11.3 Å². The minimum atomic E-state index is -5.10. The molecule has 3 rings (SSSR count). The molecule has 130 valence electrons. The van der Waals surface area contributed by atoms with Gasteiger partial charge in [0.05, 0.1) is 4.70 Å². The van der Waals surface area contributed by atoms with Crippen LogP contribution in [0.2, 0.25) is 0 Å². The van der Waals surface area contributed by atoms with E-state index in [-0.39, 0.29) is 11.1 Å². The Kier molecular flexibility index (Phi) is 4.04. The smallest absolute Gasteiger partial charge is 0.373 e. The highest BCUT2D eigenvalue weighted by atomic mass is 32.1. The predicted molar refractivity (Wildman–Crippen MR) is 90.9 cm³/mol. The Hall–Kier alpha value is -2.45. The van der Waals surface area contributed by atoms with Crippen LogP contribution in [-0.2, 0) is 4.79 Å². The number of hydrogen-bond acceptors (Lipinski definition) is 4. The Morgan fingerprint density at radius 1 is 1.12 bits per heavy atom. The Morgan fingerprint density at radius 3 is 2.48 bits per heavy atom. The number of nitrogens with one attached hydrogen (secondary N) is 1. The van der Waals surface area contributed by atoms with E-state index in [1.54, 1.807) is 23.6 Å². The molecular weight excluding hydrogens is 355 g/mol. The molecule has 1 unspecified atom stereocenters. The van der Waals surface area contributed by atoms with Crippen LogP contribution in [0.15, 0.2) is 46.6 Å². The molecule has 0 saturated heterocycles. The fourth-order valence-corrected chi connectivity index (χ4v) is 3.14. The first kappa shape index (κ1) is 17.4. The Bertz CT molecular complexity index is 1040. The largest absolute Gasteiger partial charge is 0.426 e. The summed E-state index contributed by atoms with van der Waals surface area (Å²) in [6, 6.07) is 9.34. The van der Waals surface area contributed by atoms with E-state index < -0.39 is 17.7 Å². The van der Waals surface area contributed by atoms with Crippen molar-refractivity contribution in [2.75, 3.05) is 5.32 Å². The third-order valence-corrected chi connectivity index (χ3v) is 4.82. The second-order valence-corrected chi connectivity index (χ2v) is 6.61. The van der Waals surface area contributed by atoms with Crippen molar-refractivity contribution in [2.24, 2.45) is 0 Å². The zero-order valence-corrected chi connectivity index (χ0v) is 13.7. The number of amides is 1. The molecule has 1 amide bonds. The van der Waals surface area contributed by atoms with Crippen molar-refractivity contribution >= 4 is 43.8 Å². The molecule has 1 aromatic heterocycles. The number of halogens is 3. The summed E-state index contributed by atoms with van der Waals surface area (Å²) in [6.07, 6.45) is -5.10. The minimum Gasteiger partial charge on any atom is -0.373 e. The second kappa shape index (κ2) is 5.82. The van der Waals surface area contributed by atoms with E-state index in [1.165, 1.54) is 29.5 Å². The normalized spacial score (nSPS) is 14.4. The highest BCUT2D eigenvalue weighted by Gasteiger charge is 2.55. The van der Waals surface area contributed by atoms with Gasteiger partial charge < -0.3 is 10.4 Å². The Balaban J connectivity index is 2.04. The fraction of sp³-hybridized carbons (Fsp3) is 0.176. The van der Waals surface area contributed by atoms with Gasteiger partial charge in [0.1, 0.15) is 0 Å². The number of hydrogen-bond donors (Lipinski definition) is 2. The van der Waals surface area contributed by atoms with Gasteiger partial charge in [-0.25, -0.2) is 0 Å². The van der Waals surface area contributed by atoms with Gasteiger partial charge in [-0.2, -0.15) is 13.2 Å². The van der Waals surface area contributed by atoms with Crippen LogP contribution < -0.4 is 10.7 Å². The molecule has 0 radical (unpaired) electrons. The second-order valence-electron chi connectivity index (χ2n) is 5.69. The van der Waals surface area contributed by atoms with Gasteiger partial charge in [0.15, 0.2) is 0 Å². The number of thiophene rings is 1. The number of aliphatic hydroxyl groups is 1. The van der Waals surface area contributed by atoms with Crippen LogP contribution in [-0.4, -0.2) is 22.8 Å². The number of carbonyl (C=O) groups is 1. The van der Waals surface area contributed by atoms with E-state index in [9.17, 15) is 27.9 Å². The lowest BCUT2D eigenvalue weighted by atomic mass is 10.1. The van der Waals surface area contributed by atoms with Crippen molar-refractivity contribution in [3.63, 3.8) is 0 Å². The molecule has 2 N–H and O–H groups in total. The number of alkyl halides is 3. The molecule has 0 aliphatic carbocycles. The van der Waals surface area contributed by atoms with Crippen LogP contribution in [0.1, 0.15) is 6.92 Å². The van der Waals surface area contributed by atoms with Crippen LogP contribution in [0.5, 0.6) is 0 Å². The van der Waals surface area contributed by atoms with Crippen molar-refractivity contribution in [3.05, 3.63) is 52.0 Å². The summed E-state index contributed by atoms with van der Waals surface area (Å²) < 4.78 is 38.7. The van der Waals surface area contributed by atoms with Crippen molar-refractivity contribution in [3.8, 4) is 0 Å². The molecule has 2 aromatic carbocycles. The molecule has 8 heteroatoms. The minimum absolute atomic E-state index is 0.0518. The third-order valence-electron chi connectivity index (χ3n) is 3.89. The number of anilines is 1. The maximum atomic E-state index is 12.7. The SMILES string of the molecule is CC(O)(C(=O)Nc1ccc2c(=O)c3sccc3ccc2c1)C(F)(F)F. The van der Waals surface area contributed by atoms with Crippen molar-refractivity contribution in [1.29, 1.82) is 0 Å². The molecule has 0 fully saturated rings. The van der Waals surface area contributed by atoms with Crippen LogP contribution in [0.25, 0.3) is 20.9 Å². The zero-order chi connectivity index (χ0) is 18.4. The summed E-state index contributed by atoms with van der Waals surface area (Å²) >= 11 is 1.30. The maximum absolute atomic E-state index is 12.7. The van der Waals surface area contributed by atoms with Gasteiger partial charge in [0.25, 0.3) is 5.91 Å². The van der Waals surface area contributed by atoms with E-state index in [4.69, 9.17) is 0 Å². The molecule has 0 aliphatic heterocycles. The molecular formula is C17H12F3NO3S. The number of benzene rings is 1. The third kappa shape index (κ3) is 2.98. The highest BCUT2D eigenvalue weighted by Crippen LogP contribution is 2.31. The Labute approximate surface area is 143 Å². The fourth-order valence-electron chi connectivity index (χ4n) is 2.30. The summed E-state index contributed by atoms with van der Waals surface area (Å²) in [4.78, 5) is 24.3. The van der Waals surface area contributed by atoms with Crippen LogP contribution in [0.4, 0.5) is 18.9 Å². The van der Waals surface area contributed by atoms with Gasteiger partial charge >= 0.3 is 6.18 Å². The van der Waals surface area contributed by atoms with E-state index in [0.717, 1.165) is 5.39 Å². The van der Waals surface area contributed by atoms with E-state index in [1.807, 2.05) is 5.32 Å². The van der Waals surface area contributed by atoms with Gasteiger partial charge in [0.2, 0.25) is 11.0 Å².